The number of hydrogen-bond donors (Lipinski definition) is 1. The molecule has 0 aliphatic heterocycles. The summed E-state index contributed by atoms with van der Waals surface area (Å²) in [5.41, 5.74) is 0.303. The van der Waals surface area contributed by atoms with Gasteiger partial charge in [-0.1, -0.05) is 18.2 Å². The average Bonchev–Trinajstić information content (AvgIpc) is 2.35. The molecule has 1 rings (SSSR count). The maximum Gasteiger partial charge on any atom is 0.332 e. The number of ether oxygens (including phenoxy) is 1. The van der Waals surface area contributed by atoms with Gasteiger partial charge >= 0.3 is 5.97 Å². The van der Waals surface area contributed by atoms with Gasteiger partial charge in [0.2, 0.25) is 10.0 Å². The third-order valence-corrected chi connectivity index (χ3v) is 3.56. The zero-order valence-electron chi connectivity index (χ0n) is 10.8. The van der Waals surface area contributed by atoms with E-state index < -0.39 is 28.6 Å². The molecule has 0 spiro atoms. The second-order valence-corrected chi connectivity index (χ2v) is 5.70. The van der Waals surface area contributed by atoms with Crippen LogP contribution in [0, 0.1) is 0 Å². The molecule has 1 aromatic carbocycles. The predicted molar refractivity (Wildman–Crippen MR) is 71.3 cm³/mol. The van der Waals surface area contributed by atoms with Gasteiger partial charge in [0, 0.05) is 0 Å². The molecule has 0 amide bonds. The van der Waals surface area contributed by atoms with E-state index in [9.17, 15) is 18.3 Å². The summed E-state index contributed by atoms with van der Waals surface area (Å²) in [5, 5.41) is 9.31. The van der Waals surface area contributed by atoms with Crippen LogP contribution >= 0.6 is 0 Å². The smallest absolute Gasteiger partial charge is 0.332 e. The quantitative estimate of drug-likeness (QED) is 0.765. The van der Waals surface area contributed by atoms with Crippen molar-refractivity contribution in [2.24, 2.45) is 0 Å². The van der Waals surface area contributed by atoms with Crippen LogP contribution in [-0.2, 0) is 19.6 Å². The highest BCUT2D eigenvalue weighted by atomic mass is 32.2. The molecule has 0 saturated carbocycles. The molecule has 1 atom stereocenters. The largest absolute Gasteiger partial charge is 0.464 e. The van der Waals surface area contributed by atoms with E-state index in [1.165, 1.54) is 0 Å². The van der Waals surface area contributed by atoms with Crippen LogP contribution in [0.5, 0.6) is 0 Å². The van der Waals surface area contributed by atoms with Gasteiger partial charge in [0.05, 0.1) is 25.2 Å². The third-order valence-electron chi connectivity index (χ3n) is 2.38. The first-order valence-electron chi connectivity index (χ1n) is 5.73. The highest BCUT2D eigenvalue weighted by Crippen LogP contribution is 2.20. The van der Waals surface area contributed by atoms with Gasteiger partial charge in [0.1, 0.15) is 0 Å². The van der Waals surface area contributed by atoms with E-state index in [0.29, 0.717) is 5.69 Å². The number of rotatable bonds is 6. The minimum absolute atomic E-state index is 0.113. The van der Waals surface area contributed by atoms with Gasteiger partial charge in [-0.15, -0.1) is 0 Å². The Kier molecular flexibility index (Phi) is 5.31. The van der Waals surface area contributed by atoms with E-state index >= 15 is 0 Å². The lowest BCUT2D eigenvalue weighted by Crippen LogP contribution is -2.48. The molecule has 106 valence electrons. The van der Waals surface area contributed by atoms with Crippen LogP contribution in [0.25, 0.3) is 0 Å². The number of anilines is 1. The van der Waals surface area contributed by atoms with Crippen molar-refractivity contribution in [1.29, 1.82) is 0 Å². The lowest BCUT2D eigenvalue weighted by atomic mass is 10.2. The van der Waals surface area contributed by atoms with Gasteiger partial charge in [0.25, 0.3) is 0 Å². The molecule has 19 heavy (non-hydrogen) atoms. The Hall–Kier alpha value is -1.60. The van der Waals surface area contributed by atoms with E-state index in [-0.39, 0.29) is 6.61 Å². The zero-order chi connectivity index (χ0) is 14.5. The van der Waals surface area contributed by atoms with Crippen LogP contribution in [0.4, 0.5) is 5.69 Å². The SMILES string of the molecule is CCOC(=O)[C@H](CO)N(c1ccccc1)S(C)(=O)=O. The molecule has 6 nitrogen and oxygen atoms in total. The summed E-state index contributed by atoms with van der Waals surface area (Å²) in [4.78, 5) is 11.7. The molecular formula is C12H17NO5S. The Morgan fingerprint density at radius 1 is 1.37 bits per heavy atom. The van der Waals surface area contributed by atoms with Crippen molar-refractivity contribution in [3.63, 3.8) is 0 Å². The molecule has 0 unspecified atom stereocenters. The number of benzene rings is 1. The number of hydrogen-bond acceptors (Lipinski definition) is 5. The highest BCUT2D eigenvalue weighted by molar-refractivity contribution is 7.92. The summed E-state index contributed by atoms with van der Waals surface area (Å²) in [7, 11) is -3.72. The lowest BCUT2D eigenvalue weighted by Gasteiger charge is -2.28. The molecule has 0 saturated heterocycles. The number of aliphatic hydroxyl groups is 1. The molecular weight excluding hydrogens is 270 g/mol. The highest BCUT2D eigenvalue weighted by Gasteiger charge is 2.33. The van der Waals surface area contributed by atoms with Crippen molar-refractivity contribution in [2.75, 3.05) is 23.8 Å². The normalized spacial score (nSPS) is 12.8. The second kappa shape index (κ2) is 6.53. The summed E-state index contributed by atoms with van der Waals surface area (Å²) in [6.45, 7) is 1.07. The van der Waals surface area contributed by atoms with E-state index in [1.54, 1.807) is 37.3 Å². The van der Waals surface area contributed by atoms with E-state index in [4.69, 9.17) is 4.74 Å². The minimum atomic E-state index is -3.72. The van der Waals surface area contributed by atoms with Crippen LogP contribution in [-0.4, -0.2) is 45.0 Å². The Bertz CT molecular complexity index is 514. The van der Waals surface area contributed by atoms with Gasteiger partial charge in [-0.05, 0) is 19.1 Å². The first kappa shape index (κ1) is 15.5. The number of carbonyl (C=O) groups is 1. The van der Waals surface area contributed by atoms with Crippen LogP contribution in [0.1, 0.15) is 6.92 Å². The van der Waals surface area contributed by atoms with Gasteiger partial charge in [-0.2, -0.15) is 0 Å². The van der Waals surface area contributed by atoms with E-state index in [0.717, 1.165) is 10.6 Å². The van der Waals surface area contributed by atoms with Crippen LogP contribution in [0.15, 0.2) is 30.3 Å². The third kappa shape index (κ3) is 3.93. The molecule has 0 aromatic heterocycles. The molecule has 0 heterocycles. The van der Waals surface area contributed by atoms with Crippen LogP contribution in [0.2, 0.25) is 0 Å². The molecule has 0 bridgehead atoms. The fraction of sp³-hybridized carbons (Fsp3) is 0.417. The number of nitrogens with zero attached hydrogens (tertiary/aromatic N) is 1. The summed E-state index contributed by atoms with van der Waals surface area (Å²) < 4.78 is 29.3. The summed E-state index contributed by atoms with van der Waals surface area (Å²) in [6.07, 6.45) is 0.974. The molecule has 0 aliphatic rings. The molecule has 1 N–H and O–H groups in total. The van der Waals surface area contributed by atoms with Crippen LogP contribution < -0.4 is 4.31 Å². The maximum absolute atomic E-state index is 11.8. The summed E-state index contributed by atoms with van der Waals surface area (Å²) in [5.74, 6) is -0.778. The number of sulfonamides is 1. The fourth-order valence-corrected chi connectivity index (χ4v) is 2.78. The molecule has 7 heteroatoms. The number of carbonyl (C=O) groups excluding carboxylic acids is 1. The Labute approximate surface area is 112 Å². The topological polar surface area (TPSA) is 83.9 Å². The monoisotopic (exact) mass is 287 g/mol. The van der Waals surface area contributed by atoms with Crippen molar-refractivity contribution in [1.82, 2.24) is 0 Å². The van der Waals surface area contributed by atoms with E-state index in [1.807, 2.05) is 0 Å². The van der Waals surface area contributed by atoms with Gasteiger partial charge in [-0.25, -0.2) is 13.2 Å². The van der Waals surface area contributed by atoms with Crippen LogP contribution in [0.3, 0.4) is 0 Å². The number of para-hydroxylation sites is 1. The first-order chi connectivity index (χ1) is 8.91. The molecule has 1 aromatic rings. The second-order valence-electron chi connectivity index (χ2n) is 3.84. The first-order valence-corrected chi connectivity index (χ1v) is 7.58. The maximum atomic E-state index is 11.8. The van der Waals surface area contributed by atoms with Crippen molar-refractivity contribution >= 4 is 21.7 Å². The molecule has 0 radical (unpaired) electrons. The van der Waals surface area contributed by atoms with Crippen molar-refractivity contribution in [3.8, 4) is 0 Å². The Morgan fingerprint density at radius 2 is 1.95 bits per heavy atom. The van der Waals surface area contributed by atoms with Gasteiger partial charge < -0.3 is 9.84 Å². The number of esters is 1. The number of aliphatic hydroxyl groups excluding tert-OH is 1. The lowest BCUT2D eigenvalue weighted by molar-refractivity contribution is -0.145. The Balaban J connectivity index is 3.21. The minimum Gasteiger partial charge on any atom is -0.464 e. The summed E-state index contributed by atoms with van der Waals surface area (Å²) >= 11 is 0. The Morgan fingerprint density at radius 3 is 2.37 bits per heavy atom. The van der Waals surface area contributed by atoms with Crippen molar-refractivity contribution in [2.45, 2.75) is 13.0 Å². The van der Waals surface area contributed by atoms with Crippen molar-refractivity contribution < 1.29 is 23.1 Å². The van der Waals surface area contributed by atoms with Gasteiger partial charge in [-0.3, -0.25) is 4.31 Å². The molecule has 0 fully saturated rings. The average molecular weight is 287 g/mol. The summed E-state index contributed by atoms with van der Waals surface area (Å²) in [6, 6.07) is 6.83. The van der Waals surface area contributed by atoms with Gasteiger partial charge in [0.15, 0.2) is 6.04 Å². The standard InChI is InChI=1S/C12H17NO5S/c1-3-18-12(15)11(9-14)13(19(2,16)17)10-7-5-4-6-8-10/h4-8,11,14H,3,9H2,1-2H3/t11-/m0/s1. The predicted octanol–water partition coefficient (Wildman–Crippen LogP) is 0.377. The fourth-order valence-electron chi connectivity index (χ4n) is 1.66. The van der Waals surface area contributed by atoms with E-state index in [2.05, 4.69) is 0 Å². The zero-order valence-corrected chi connectivity index (χ0v) is 11.6. The van der Waals surface area contributed by atoms with Crippen molar-refractivity contribution in [3.05, 3.63) is 30.3 Å². The molecule has 0 aliphatic carbocycles.